The van der Waals surface area contributed by atoms with Gasteiger partial charge in [0.1, 0.15) is 0 Å². The van der Waals surface area contributed by atoms with Crippen molar-refractivity contribution in [1.82, 2.24) is 14.9 Å². The maximum atomic E-state index is 5.80. The first-order chi connectivity index (χ1) is 11.6. The van der Waals surface area contributed by atoms with Crippen molar-refractivity contribution in [3.8, 4) is 0 Å². The van der Waals surface area contributed by atoms with E-state index in [9.17, 15) is 0 Å². The number of nitrogens with zero attached hydrogens (tertiary/aromatic N) is 3. The molecule has 0 spiro atoms. The van der Waals surface area contributed by atoms with Crippen LogP contribution in [-0.2, 0) is 4.74 Å². The summed E-state index contributed by atoms with van der Waals surface area (Å²) in [5, 5.41) is 0.564. The first kappa shape index (κ1) is 18.2. The van der Waals surface area contributed by atoms with Crippen LogP contribution in [0.2, 0.25) is 0 Å². The molecule has 0 aromatic carbocycles. The first-order valence-electron chi connectivity index (χ1n) is 9.48. The van der Waals surface area contributed by atoms with Gasteiger partial charge in [-0.15, -0.1) is 12.6 Å². The zero-order valence-electron chi connectivity index (χ0n) is 15.0. The fourth-order valence-corrected chi connectivity index (χ4v) is 4.26. The Morgan fingerprint density at radius 2 is 1.71 bits per heavy atom. The molecule has 0 amide bonds. The number of likely N-dealkylation sites (tertiary alicyclic amines) is 1. The Hall–Kier alpha value is -0.650. The fourth-order valence-electron chi connectivity index (χ4n) is 4.15. The van der Waals surface area contributed by atoms with Crippen LogP contribution in [0.5, 0.6) is 0 Å². The van der Waals surface area contributed by atoms with Crippen molar-refractivity contribution < 1.29 is 4.74 Å². The second-order valence-corrected chi connectivity index (χ2v) is 8.08. The van der Waals surface area contributed by atoms with Gasteiger partial charge in [0.15, 0.2) is 5.16 Å². The highest BCUT2D eigenvalue weighted by Crippen LogP contribution is 2.33. The molecule has 1 aliphatic heterocycles. The lowest BCUT2D eigenvalue weighted by molar-refractivity contribution is 0.0269. The number of ether oxygens (including phenoxy) is 1. The Morgan fingerprint density at radius 3 is 2.29 bits per heavy atom. The molecule has 0 unspecified atom stereocenters. The van der Waals surface area contributed by atoms with Crippen LogP contribution in [-0.4, -0.2) is 46.7 Å². The lowest BCUT2D eigenvalue weighted by Crippen LogP contribution is -2.43. The summed E-state index contributed by atoms with van der Waals surface area (Å²) in [6.45, 7) is 7.64. The van der Waals surface area contributed by atoms with Crippen LogP contribution in [0.1, 0.15) is 63.9 Å². The van der Waals surface area contributed by atoms with Gasteiger partial charge < -0.3 is 9.64 Å². The van der Waals surface area contributed by atoms with Gasteiger partial charge in [-0.05, 0) is 82.9 Å². The number of piperidine rings is 1. The summed E-state index contributed by atoms with van der Waals surface area (Å²) < 4.78 is 5.80. The highest BCUT2D eigenvalue weighted by Gasteiger charge is 2.29. The van der Waals surface area contributed by atoms with E-state index >= 15 is 0 Å². The SMILES string of the molecule is CC(C)OC[C@H]1CC[C@H](N2CCC(c3cnc(S)nc3)CC2)CC1. The van der Waals surface area contributed by atoms with Gasteiger partial charge >= 0.3 is 0 Å². The normalized spacial score (nSPS) is 26.8. The van der Waals surface area contributed by atoms with Gasteiger partial charge in [-0.3, -0.25) is 0 Å². The summed E-state index contributed by atoms with van der Waals surface area (Å²) in [6.07, 6.45) is 12.1. The third-order valence-electron chi connectivity index (χ3n) is 5.66. The predicted octanol–water partition coefficient (Wildman–Crippen LogP) is 3.93. The molecule has 134 valence electrons. The monoisotopic (exact) mass is 349 g/mol. The van der Waals surface area contributed by atoms with E-state index in [0.29, 0.717) is 17.2 Å². The van der Waals surface area contributed by atoms with E-state index in [4.69, 9.17) is 4.74 Å². The van der Waals surface area contributed by atoms with Crippen molar-refractivity contribution in [3.63, 3.8) is 0 Å². The van der Waals surface area contributed by atoms with Crippen molar-refractivity contribution >= 4 is 12.6 Å². The maximum Gasteiger partial charge on any atom is 0.184 e. The molecular formula is C19H31N3OS. The first-order valence-corrected chi connectivity index (χ1v) is 9.93. The number of aromatic nitrogens is 2. The molecule has 0 N–H and O–H groups in total. The lowest BCUT2D eigenvalue weighted by Gasteiger charge is -2.41. The van der Waals surface area contributed by atoms with E-state index in [0.717, 1.165) is 18.6 Å². The standard InChI is InChI=1S/C19H31N3OS/c1-14(2)23-13-15-3-5-18(6-4-15)22-9-7-16(8-10-22)17-11-20-19(24)21-12-17/h11-12,14-16,18H,3-10,13H2,1-2H3,(H,20,21,24)/t15-,18-. The highest BCUT2D eigenvalue weighted by molar-refractivity contribution is 7.80. The molecule has 1 saturated carbocycles. The molecule has 2 fully saturated rings. The summed E-state index contributed by atoms with van der Waals surface area (Å²) in [5.41, 5.74) is 1.28. The summed E-state index contributed by atoms with van der Waals surface area (Å²) in [5.74, 6) is 1.39. The molecule has 2 heterocycles. The van der Waals surface area contributed by atoms with Crippen molar-refractivity contribution in [2.24, 2.45) is 5.92 Å². The van der Waals surface area contributed by atoms with E-state index in [1.54, 1.807) is 0 Å². The van der Waals surface area contributed by atoms with Crippen molar-refractivity contribution in [2.45, 2.75) is 75.6 Å². The molecule has 1 aromatic rings. The highest BCUT2D eigenvalue weighted by atomic mass is 32.1. The number of thiol groups is 1. The summed E-state index contributed by atoms with van der Waals surface area (Å²) in [7, 11) is 0. The van der Waals surface area contributed by atoms with E-state index < -0.39 is 0 Å². The van der Waals surface area contributed by atoms with Gasteiger partial charge in [-0.25, -0.2) is 9.97 Å². The van der Waals surface area contributed by atoms with Gasteiger partial charge in [0.05, 0.1) is 6.10 Å². The quantitative estimate of drug-likeness (QED) is 0.646. The zero-order chi connectivity index (χ0) is 16.9. The van der Waals surface area contributed by atoms with Crippen molar-refractivity contribution in [1.29, 1.82) is 0 Å². The molecule has 24 heavy (non-hydrogen) atoms. The smallest absolute Gasteiger partial charge is 0.184 e. The Balaban J connectivity index is 1.42. The topological polar surface area (TPSA) is 38.2 Å². The maximum absolute atomic E-state index is 5.80. The molecule has 1 saturated heterocycles. The largest absolute Gasteiger partial charge is 0.379 e. The molecule has 0 bridgehead atoms. The van der Waals surface area contributed by atoms with Gasteiger partial charge in [-0.1, -0.05) is 0 Å². The third-order valence-corrected chi connectivity index (χ3v) is 5.89. The van der Waals surface area contributed by atoms with E-state index in [1.807, 2.05) is 12.4 Å². The minimum atomic E-state index is 0.363. The summed E-state index contributed by atoms with van der Waals surface area (Å²) >= 11 is 4.17. The molecule has 0 radical (unpaired) electrons. The Labute approximate surface area is 151 Å². The molecular weight excluding hydrogens is 318 g/mol. The molecule has 5 heteroatoms. The molecule has 1 aliphatic carbocycles. The lowest BCUT2D eigenvalue weighted by atomic mass is 9.83. The average molecular weight is 350 g/mol. The van der Waals surface area contributed by atoms with Gasteiger partial charge in [0.25, 0.3) is 0 Å². The Kier molecular flexibility index (Phi) is 6.53. The van der Waals surface area contributed by atoms with E-state index in [2.05, 4.69) is 41.3 Å². The third kappa shape index (κ3) is 4.93. The molecule has 3 rings (SSSR count). The average Bonchev–Trinajstić information content (AvgIpc) is 2.61. The number of hydrogen-bond donors (Lipinski definition) is 1. The van der Waals surface area contributed by atoms with Crippen LogP contribution < -0.4 is 0 Å². The second kappa shape index (κ2) is 8.63. The number of hydrogen-bond acceptors (Lipinski definition) is 5. The van der Waals surface area contributed by atoms with E-state index in [1.165, 1.54) is 57.2 Å². The Bertz CT molecular complexity index is 492. The van der Waals surface area contributed by atoms with Crippen molar-refractivity contribution in [3.05, 3.63) is 18.0 Å². The molecule has 0 atom stereocenters. The second-order valence-electron chi connectivity index (χ2n) is 7.68. The van der Waals surface area contributed by atoms with Crippen LogP contribution in [0.4, 0.5) is 0 Å². The van der Waals surface area contributed by atoms with Gasteiger partial charge in [0, 0.05) is 25.0 Å². The number of rotatable bonds is 5. The van der Waals surface area contributed by atoms with Crippen LogP contribution in [0.15, 0.2) is 17.6 Å². The van der Waals surface area contributed by atoms with Crippen LogP contribution in [0.3, 0.4) is 0 Å². The van der Waals surface area contributed by atoms with Gasteiger partial charge in [-0.2, -0.15) is 0 Å². The van der Waals surface area contributed by atoms with Crippen molar-refractivity contribution in [2.75, 3.05) is 19.7 Å². The summed E-state index contributed by atoms with van der Waals surface area (Å²) in [6, 6.07) is 0.789. The fraction of sp³-hybridized carbons (Fsp3) is 0.789. The van der Waals surface area contributed by atoms with Crippen LogP contribution >= 0.6 is 12.6 Å². The predicted molar refractivity (Wildman–Crippen MR) is 99.7 cm³/mol. The minimum absolute atomic E-state index is 0.363. The van der Waals surface area contributed by atoms with Crippen LogP contribution in [0, 0.1) is 5.92 Å². The molecule has 2 aliphatic rings. The Morgan fingerprint density at radius 1 is 1.08 bits per heavy atom. The zero-order valence-corrected chi connectivity index (χ0v) is 15.9. The minimum Gasteiger partial charge on any atom is -0.379 e. The van der Waals surface area contributed by atoms with Crippen LogP contribution in [0.25, 0.3) is 0 Å². The molecule has 4 nitrogen and oxygen atoms in total. The summed E-state index contributed by atoms with van der Waals surface area (Å²) in [4.78, 5) is 11.2. The van der Waals surface area contributed by atoms with E-state index in [-0.39, 0.29) is 0 Å². The van der Waals surface area contributed by atoms with Gasteiger partial charge in [0.2, 0.25) is 0 Å². The molecule has 1 aromatic heterocycles.